The predicted molar refractivity (Wildman–Crippen MR) is 57.2 cm³/mol. The van der Waals surface area contributed by atoms with E-state index >= 15 is 0 Å². The van der Waals surface area contributed by atoms with Gasteiger partial charge in [0.1, 0.15) is 5.25 Å². The van der Waals surface area contributed by atoms with Gasteiger partial charge in [0.2, 0.25) is 5.89 Å². The highest BCUT2D eigenvalue weighted by Gasteiger charge is 2.33. The minimum atomic E-state index is -3.21. The highest BCUT2D eigenvalue weighted by Crippen LogP contribution is 2.38. The van der Waals surface area contributed by atoms with Gasteiger partial charge < -0.3 is 10.3 Å². The van der Waals surface area contributed by atoms with Gasteiger partial charge in [-0.3, -0.25) is 0 Å². The van der Waals surface area contributed by atoms with Crippen LogP contribution in [0.1, 0.15) is 42.8 Å². The summed E-state index contributed by atoms with van der Waals surface area (Å²) in [4.78, 5) is 4.06. The predicted octanol–water partition coefficient (Wildman–Crippen LogP) is 0.585. The van der Waals surface area contributed by atoms with Gasteiger partial charge in [-0.25, -0.2) is 8.42 Å². The van der Waals surface area contributed by atoms with E-state index in [0.29, 0.717) is 11.7 Å². The third-order valence-electron chi connectivity index (χ3n) is 2.88. The molecule has 16 heavy (non-hydrogen) atoms. The Morgan fingerprint density at radius 2 is 2.12 bits per heavy atom. The second kappa shape index (κ2) is 3.81. The number of rotatable bonds is 4. The molecular formula is C9H15N3O3S. The molecule has 1 aromatic rings. The van der Waals surface area contributed by atoms with Crippen LogP contribution in [0.4, 0.5) is 0 Å². The summed E-state index contributed by atoms with van der Waals surface area (Å²) in [5.41, 5.74) is 5.89. The van der Waals surface area contributed by atoms with Crippen molar-refractivity contribution < 1.29 is 12.9 Å². The average molecular weight is 245 g/mol. The smallest absolute Gasteiger partial charge is 0.244 e. The molecule has 0 aromatic carbocycles. The van der Waals surface area contributed by atoms with E-state index in [9.17, 15) is 8.42 Å². The van der Waals surface area contributed by atoms with Gasteiger partial charge in [-0.2, -0.15) is 4.98 Å². The monoisotopic (exact) mass is 245 g/mol. The van der Waals surface area contributed by atoms with Crippen molar-refractivity contribution in [1.29, 1.82) is 0 Å². The summed E-state index contributed by atoms with van der Waals surface area (Å²) in [5.74, 6) is 0.945. The van der Waals surface area contributed by atoms with Gasteiger partial charge in [-0.05, 0) is 25.7 Å². The highest BCUT2D eigenvalue weighted by molar-refractivity contribution is 7.90. The molecule has 0 radical (unpaired) electrons. The number of aromatic nitrogens is 2. The Balaban J connectivity index is 2.18. The van der Waals surface area contributed by atoms with E-state index in [4.69, 9.17) is 10.3 Å². The lowest BCUT2D eigenvalue weighted by molar-refractivity contribution is 0.366. The maximum Gasteiger partial charge on any atom is 0.244 e. The summed E-state index contributed by atoms with van der Waals surface area (Å²) in [7, 11) is -3.21. The van der Waals surface area contributed by atoms with Crippen LogP contribution >= 0.6 is 0 Å². The third kappa shape index (κ3) is 2.25. The maximum atomic E-state index is 11.3. The zero-order valence-corrected chi connectivity index (χ0v) is 10.1. The SMILES string of the molecule is CC(c1nc(C(N)C2CC2)no1)S(C)(=O)=O. The Hall–Kier alpha value is -0.950. The van der Waals surface area contributed by atoms with Crippen molar-refractivity contribution in [1.82, 2.24) is 10.1 Å². The van der Waals surface area contributed by atoms with Crippen molar-refractivity contribution in [2.24, 2.45) is 11.7 Å². The molecule has 0 spiro atoms. The maximum absolute atomic E-state index is 11.3. The topological polar surface area (TPSA) is 99.1 Å². The Bertz CT molecular complexity index is 478. The number of nitrogens with two attached hydrogens (primary N) is 1. The molecule has 0 bridgehead atoms. The number of hydrogen-bond donors (Lipinski definition) is 1. The van der Waals surface area contributed by atoms with Crippen LogP contribution in [0.3, 0.4) is 0 Å². The molecule has 6 nitrogen and oxygen atoms in total. The summed E-state index contributed by atoms with van der Waals surface area (Å²) < 4.78 is 27.5. The van der Waals surface area contributed by atoms with Crippen LogP contribution in [-0.4, -0.2) is 24.8 Å². The average Bonchev–Trinajstić information content (AvgIpc) is 2.92. The summed E-state index contributed by atoms with van der Waals surface area (Å²) in [6.45, 7) is 1.52. The summed E-state index contributed by atoms with van der Waals surface area (Å²) in [6, 6.07) is -0.232. The Morgan fingerprint density at radius 3 is 2.62 bits per heavy atom. The molecule has 1 aromatic heterocycles. The quantitative estimate of drug-likeness (QED) is 0.833. The third-order valence-corrected chi connectivity index (χ3v) is 4.36. The van der Waals surface area contributed by atoms with Crippen LogP contribution in [0.25, 0.3) is 0 Å². The van der Waals surface area contributed by atoms with E-state index in [2.05, 4.69) is 10.1 Å². The largest absolute Gasteiger partial charge is 0.338 e. The van der Waals surface area contributed by atoms with E-state index in [-0.39, 0.29) is 11.9 Å². The zero-order chi connectivity index (χ0) is 11.9. The summed E-state index contributed by atoms with van der Waals surface area (Å²) in [6.07, 6.45) is 3.29. The fraction of sp³-hybridized carbons (Fsp3) is 0.778. The van der Waals surface area contributed by atoms with Gasteiger partial charge in [-0.15, -0.1) is 0 Å². The summed E-state index contributed by atoms with van der Waals surface area (Å²) in [5, 5.41) is 2.96. The molecule has 2 N–H and O–H groups in total. The second-order valence-corrected chi connectivity index (χ2v) is 6.69. The van der Waals surface area contributed by atoms with Crippen LogP contribution in [0.15, 0.2) is 4.52 Å². The van der Waals surface area contributed by atoms with E-state index in [0.717, 1.165) is 19.1 Å². The first-order valence-corrected chi connectivity index (χ1v) is 7.13. The molecule has 2 atom stereocenters. The molecule has 2 unspecified atom stereocenters. The first kappa shape index (κ1) is 11.5. The molecule has 1 fully saturated rings. The van der Waals surface area contributed by atoms with Crippen molar-refractivity contribution in [2.45, 2.75) is 31.1 Å². The lowest BCUT2D eigenvalue weighted by Crippen LogP contribution is -2.14. The number of sulfone groups is 1. The Morgan fingerprint density at radius 1 is 1.50 bits per heavy atom. The van der Waals surface area contributed by atoms with E-state index < -0.39 is 15.1 Å². The van der Waals surface area contributed by atoms with Crippen molar-refractivity contribution in [3.63, 3.8) is 0 Å². The van der Waals surface area contributed by atoms with E-state index in [1.165, 1.54) is 6.92 Å². The van der Waals surface area contributed by atoms with Crippen molar-refractivity contribution in [3.05, 3.63) is 11.7 Å². The van der Waals surface area contributed by atoms with Crippen LogP contribution in [-0.2, 0) is 9.84 Å². The van der Waals surface area contributed by atoms with E-state index in [1.54, 1.807) is 0 Å². The second-order valence-electron chi connectivity index (χ2n) is 4.33. The molecule has 0 saturated heterocycles. The summed E-state index contributed by atoms with van der Waals surface area (Å²) >= 11 is 0. The Kier molecular flexibility index (Phi) is 2.75. The first-order chi connectivity index (χ1) is 7.39. The minimum Gasteiger partial charge on any atom is -0.338 e. The molecule has 1 saturated carbocycles. The van der Waals surface area contributed by atoms with Crippen molar-refractivity contribution in [3.8, 4) is 0 Å². The minimum absolute atomic E-state index is 0.119. The molecule has 7 heteroatoms. The van der Waals surface area contributed by atoms with Crippen molar-refractivity contribution >= 4 is 9.84 Å². The van der Waals surface area contributed by atoms with E-state index in [1.807, 2.05) is 0 Å². The molecular weight excluding hydrogens is 230 g/mol. The van der Waals surface area contributed by atoms with Crippen molar-refractivity contribution in [2.75, 3.05) is 6.26 Å². The van der Waals surface area contributed by atoms with Gasteiger partial charge in [0.25, 0.3) is 0 Å². The molecule has 0 aliphatic heterocycles. The molecule has 1 heterocycles. The van der Waals surface area contributed by atoms with Crippen LogP contribution in [0.5, 0.6) is 0 Å². The molecule has 0 amide bonds. The standard InChI is InChI=1S/C9H15N3O3S/c1-5(16(2,13)14)9-11-8(12-15-9)7(10)6-3-4-6/h5-7H,3-4,10H2,1-2H3. The fourth-order valence-corrected chi connectivity index (χ4v) is 1.86. The van der Waals surface area contributed by atoms with Gasteiger partial charge in [0.15, 0.2) is 15.7 Å². The normalized spacial score (nSPS) is 20.7. The number of hydrogen-bond acceptors (Lipinski definition) is 6. The van der Waals surface area contributed by atoms with Crippen LogP contribution in [0.2, 0.25) is 0 Å². The molecule has 2 rings (SSSR count). The lowest BCUT2D eigenvalue weighted by Gasteiger charge is -2.03. The molecule has 90 valence electrons. The first-order valence-electron chi connectivity index (χ1n) is 5.17. The van der Waals surface area contributed by atoms with Gasteiger partial charge in [-0.1, -0.05) is 5.16 Å². The fourth-order valence-electron chi connectivity index (χ4n) is 1.40. The molecule has 1 aliphatic carbocycles. The van der Waals surface area contributed by atoms with Gasteiger partial charge in [0, 0.05) is 6.26 Å². The van der Waals surface area contributed by atoms with Gasteiger partial charge >= 0.3 is 0 Å². The highest BCUT2D eigenvalue weighted by atomic mass is 32.2. The lowest BCUT2D eigenvalue weighted by atomic mass is 10.2. The van der Waals surface area contributed by atoms with Gasteiger partial charge in [0.05, 0.1) is 6.04 Å². The van der Waals surface area contributed by atoms with Crippen LogP contribution in [0, 0.1) is 5.92 Å². The number of nitrogens with zero attached hydrogens (tertiary/aromatic N) is 2. The zero-order valence-electron chi connectivity index (χ0n) is 9.25. The van der Waals surface area contributed by atoms with Crippen LogP contribution < -0.4 is 5.73 Å². The molecule has 1 aliphatic rings. The Labute approximate surface area is 94.1 Å².